The van der Waals surface area contributed by atoms with E-state index in [1.54, 1.807) is 30.3 Å². The van der Waals surface area contributed by atoms with Crippen molar-refractivity contribution in [3.05, 3.63) is 63.3 Å². The van der Waals surface area contributed by atoms with Crippen LogP contribution in [0.3, 0.4) is 0 Å². The van der Waals surface area contributed by atoms with Gasteiger partial charge in [0, 0.05) is 29.4 Å². The summed E-state index contributed by atoms with van der Waals surface area (Å²) in [4.78, 5) is 37.7. The van der Waals surface area contributed by atoms with Gasteiger partial charge in [-0.05, 0) is 39.8 Å². The first kappa shape index (κ1) is 19.5. The third-order valence-electron chi connectivity index (χ3n) is 4.92. The fourth-order valence-electron chi connectivity index (χ4n) is 3.12. The van der Waals surface area contributed by atoms with E-state index < -0.39 is 5.97 Å². The second-order valence-corrected chi connectivity index (χ2v) is 7.08. The van der Waals surface area contributed by atoms with Gasteiger partial charge in [-0.3, -0.25) is 9.59 Å². The highest BCUT2D eigenvalue weighted by Gasteiger charge is 2.21. The summed E-state index contributed by atoms with van der Waals surface area (Å²) in [7, 11) is 1.87. The molecule has 0 atom stereocenters. The number of esters is 1. The third kappa shape index (κ3) is 3.35. The average molecular weight is 381 g/mol. The van der Waals surface area contributed by atoms with Crippen molar-refractivity contribution in [1.29, 1.82) is 0 Å². The van der Waals surface area contributed by atoms with E-state index >= 15 is 0 Å². The largest absolute Gasteiger partial charge is 0.452 e. The van der Waals surface area contributed by atoms with Gasteiger partial charge in [-0.15, -0.1) is 0 Å². The van der Waals surface area contributed by atoms with Crippen molar-refractivity contribution in [1.82, 2.24) is 14.3 Å². The number of aromatic nitrogens is 3. The molecule has 0 unspecified atom stereocenters. The minimum absolute atomic E-state index is 0.0256. The summed E-state index contributed by atoms with van der Waals surface area (Å²) in [5.41, 5.74) is 2.04. The monoisotopic (exact) mass is 381 g/mol. The Kier molecular flexibility index (Phi) is 5.18. The van der Waals surface area contributed by atoms with Crippen LogP contribution in [-0.4, -0.2) is 32.7 Å². The Morgan fingerprint density at radius 3 is 2.36 bits per heavy atom. The molecule has 0 saturated carbocycles. The summed E-state index contributed by atoms with van der Waals surface area (Å²) < 4.78 is 8.42. The van der Waals surface area contributed by atoms with Crippen molar-refractivity contribution >= 4 is 22.5 Å². The zero-order valence-corrected chi connectivity index (χ0v) is 16.6. The summed E-state index contributed by atoms with van der Waals surface area (Å²) in [6.07, 6.45) is 0. The van der Waals surface area contributed by atoms with E-state index in [9.17, 15) is 14.4 Å². The molecule has 0 aliphatic heterocycles. The molecule has 0 bridgehead atoms. The molecule has 0 aliphatic rings. The second kappa shape index (κ2) is 7.42. The van der Waals surface area contributed by atoms with Crippen LogP contribution >= 0.6 is 0 Å². The lowest BCUT2D eigenvalue weighted by Crippen LogP contribution is -2.28. The van der Waals surface area contributed by atoms with Gasteiger partial charge in [0.2, 0.25) is 5.78 Å². The molecular weight excluding hydrogens is 358 g/mol. The number of benzene rings is 1. The molecule has 28 heavy (non-hydrogen) atoms. The molecule has 0 N–H and O–H groups in total. The van der Waals surface area contributed by atoms with Crippen LogP contribution in [0.2, 0.25) is 0 Å². The zero-order chi connectivity index (χ0) is 20.6. The van der Waals surface area contributed by atoms with Crippen LogP contribution in [0.25, 0.3) is 10.8 Å². The third-order valence-corrected chi connectivity index (χ3v) is 4.92. The van der Waals surface area contributed by atoms with Gasteiger partial charge in [-0.2, -0.15) is 5.10 Å². The van der Waals surface area contributed by atoms with Gasteiger partial charge in [0.1, 0.15) is 0 Å². The molecule has 7 nitrogen and oxygen atoms in total. The number of hydrogen-bond acceptors (Lipinski definition) is 5. The standard InChI is InChI=1S/C21H23N3O4/c1-12(2)24-20(26)16-9-7-6-8-15(16)19(22-24)21(27)28-11-18(25)17-10-13(3)23(5)14(17)4/h6-10,12H,11H2,1-5H3. The molecule has 0 spiro atoms. The Morgan fingerprint density at radius 2 is 1.79 bits per heavy atom. The highest BCUT2D eigenvalue weighted by Crippen LogP contribution is 2.17. The number of rotatable bonds is 5. The molecule has 1 aromatic carbocycles. The lowest BCUT2D eigenvalue weighted by atomic mass is 10.1. The van der Waals surface area contributed by atoms with Gasteiger partial charge in [-0.25, -0.2) is 9.48 Å². The van der Waals surface area contributed by atoms with Crippen LogP contribution in [0.15, 0.2) is 35.1 Å². The van der Waals surface area contributed by atoms with Gasteiger partial charge in [0.15, 0.2) is 12.3 Å². The Labute approximate surface area is 162 Å². The van der Waals surface area contributed by atoms with Gasteiger partial charge in [0.25, 0.3) is 5.56 Å². The maximum absolute atomic E-state index is 12.7. The summed E-state index contributed by atoms with van der Waals surface area (Å²) in [5, 5.41) is 5.00. The quantitative estimate of drug-likeness (QED) is 0.501. The topological polar surface area (TPSA) is 83.2 Å². The van der Waals surface area contributed by atoms with E-state index in [2.05, 4.69) is 5.10 Å². The second-order valence-electron chi connectivity index (χ2n) is 7.08. The molecule has 2 heterocycles. The molecule has 0 aliphatic carbocycles. The number of hydrogen-bond donors (Lipinski definition) is 0. The Bertz CT molecular complexity index is 1140. The first-order valence-electron chi connectivity index (χ1n) is 9.07. The number of carbonyl (C=O) groups excluding carboxylic acids is 2. The number of carbonyl (C=O) groups is 2. The molecule has 2 aromatic heterocycles. The molecule has 146 valence electrons. The molecule has 7 heteroatoms. The maximum atomic E-state index is 12.7. The van der Waals surface area contributed by atoms with Crippen molar-refractivity contribution in [2.45, 2.75) is 33.7 Å². The Morgan fingerprint density at radius 1 is 1.14 bits per heavy atom. The molecule has 0 saturated heterocycles. The van der Waals surface area contributed by atoms with Crippen LogP contribution in [0.4, 0.5) is 0 Å². The fraction of sp³-hybridized carbons (Fsp3) is 0.333. The van der Waals surface area contributed by atoms with Gasteiger partial charge < -0.3 is 9.30 Å². The lowest BCUT2D eigenvalue weighted by molar-refractivity contribution is 0.0468. The van der Waals surface area contributed by atoms with Crippen LogP contribution < -0.4 is 5.56 Å². The number of aryl methyl sites for hydroxylation is 1. The molecule has 0 amide bonds. The molecule has 0 radical (unpaired) electrons. The first-order chi connectivity index (χ1) is 13.2. The minimum Gasteiger partial charge on any atom is -0.452 e. The molecular formula is C21H23N3O4. The first-order valence-corrected chi connectivity index (χ1v) is 9.07. The summed E-state index contributed by atoms with van der Waals surface area (Å²) in [6, 6.07) is 8.31. The minimum atomic E-state index is -0.732. The Hall–Kier alpha value is -3.22. The smallest absolute Gasteiger partial charge is 0.359 e. The van der Waals surface area contributed by atoms with Crippen molar-refractivity contribution in [3.8, 4) is 0 Å². The maximum Gasteiger partial charge on any atom is 0.359 e. The van der Waals surface area contributed by atoms with Gasteiger partial charge in [-0.1, -0.05) is 18.2 Å². The van der Waals surface area contributed by atoms with E-state index in [4.69, 9.17) is 4.74 Å². The highest BCUT2D eigenvalue weighted by atomic mass is 16.5. The van der Waals surface area contributed by atoms with Crippen LogP contribution in [0, 0.1) is 13.8 Å². The van der Waals surface area contributed by atoms with E-state index in [0.29, 0.717) is 16.3 Å². The molecule has 0 fully saturated rings. The zero-order valence-electron chi connectivity index (χ0n) is 16.6. The van der Waals surface area contributed by atoms with Crippen molar-refractivity contribution < 1.29 is 14.3 Å². The van der Waals surface area contributed by atoms with E-state index in [0.717, 1.165) is 11.4 Å². The SMILES string of the molecule is Cc1cc(C(=O)COC(=O)c2nn(C(C)C)c(=O)c3ccccc23)c(C)n1C. The predicted molar refractivity (Wildman–Crippen MR) is 106 cm³/mol. The number of ketones is 1. The van der Waals surface area contributed by atoms with E-state index in [1.165, 1.54) is 4.68 Å². The van der Waals surface area contributed by atoms with Crippen LogP contribution in [0.5, 0.6) is 0 Å². The number of fused-ring (bicyclic) bond motifs is 1. The lowest BCUT2D eigenvalue weighted by Gasteiger charge is -2.13. The average Bonchev–Trinajstić information content (AvgIpc) is 2.93. The highest BCUT2D eigenvalue weighted by molar-refractivity contribution is 6.04. The summed E-state index contributed by atoms with van der Waals surface area (Å²) in [5.74, 6) is -1.01. The Balaban J connectivity index is 1.91. The van der Waals surface area contributed by atoms with Crippen LogP contribution in [-0.2, 0) is 11.8 Å². The fourth-order valence-corrected chi connectivity index (χ4v) is 3.12. The number of ether oxygens (including phenoxy) is 1. The van der Waals surface area contributed by atoms with Crippen molar-refractivity contribution in [2.24, 2.45) is 7.05 Å². The van der Waals surface area contributed by atoms with Gasteiger partial charge >= 0.3 is 5.97 Å². The molecule has 3 rings (SSSR count). The molecule has 3 aromatic rings. The number of Topliss-reactive ketones (excluding diaryl/α,β-unsaturated/α-hetero) is 1. The van der Waals surface area contributed by atoms with E-state index in [-0.39, 0.29) is 29.7 Å². The van der Waals surface area contributed by atoms with Crippen molar-refractivity contribution in [3.63, 3.8) is 0 Å². The van der Waals surface area contributed by atoms with Gasteiger partial charge in [0.05, 0.1) is 11.4 Å². The van der Waals surface area contributed by atoms with Crippen LogP contribution in [0.1, 0.15) is 52.1 Å². The van der Waals surface area contributed by atoms with Crippen molar-refractivity contribution in [2.75, 3.05) is 6.61 Å². The number of nitrogens with zero attached hydrogens (tertiary/aromatic N) is 3. The summed E-state index contributed by atoms with van der Waals surface area (Å²) >= 11 is 0. The normalized spacial score (nSPS) is 11.2. The van der Waals surface area contributed by atoms with E-state index in [1.807, 2.05) is 39.3 Å². The summed E-state index contributed by atoms with van der Waals surface area (Å²) in [6.45, 7) is 6.97. The predicted octanol–water partition coefficient (Wildman–Crippen LogP) is 2.97.